The molecular weight excluding hydrogens is 238 g/mol. The first-order valence-electron chi connectivity index (χ1n) is 6.58. The SMILES string of the molecule is CCCCOc1ccccc1Nc1ccccc1O. The molecular formula is C16H19NO2. The molecule has 2 aromatic carbocycles. The summed E-state index contributed by atoms with van der Waals surface area (Å²) in [7, 11) is 0. The van der Waals surface area contributed by atoms with Crippen LogP contribution in [-0.2, 0) is 0 Å². The summed E-state index contributed by atoms with van der Waals surface area (Å²) >= 11 is 0. The Morgan fingerprint density at radius 2 is 1.68 bits per heavy atom. The quantitative estimate of drug-likeness (QED) is 0.598. The Labute approximate surface area is 113 Å². The summed E-state index contributed by atoms with van der Waals surface area (Å²) in [6.45, 7) is 2.84. The van der Waals surface area contributed by atoms with Crippen molar-refractivity contribution in [2.45, 2.75) is 19.8 Å². The molecule has 2 aromatic rings. The lowest BCUT2D eigenvalue weighted by molar-refractivity contribution is 0.311. The second-order valence-corrected chi connectivity index (χ2v) is 4.34. The maximum atomic E-state index is 9.77. The zero-order chi connectivity index (χ0) is 13.5. The van der Waals surface area contributed by atoms with Crippen LogP contribution in [0.2, 0.25) is 0 Å². The molecule has 100 valence electrons. The van der Waals surface area contributed by atoms with E-state index in [-0.39, 0.29) is 5.75 Å². The number of hydrogen-bond donors (Lipinski definition) is 2. The molecule has 0 heterocycles. The van der Waals surface area contributed by atoms with Gasteiger partial charge in [-0.05, 0) is 30.7 Å². The van der Waals surface area contributed by atoms with Gasteiger partial charge in [0.2, 0.25) is 0 Å². The van der Waals surface area contributed by atoms with E-state index in [1.807, 2.05) is 36.4 Å². The fraction of sp³-hybridized carbons (Fsp3) is 0.250. The maximum Gasteiger partial charge on any atom is 0.142 e. The number of para-hydroxylation sites is 4. The number of phenols is 1. The highest BCUT2D eigenvalue weighted by Gasteiger charge is 2.05. The van der Waals surface area contributed by atoms with E-state index < -0.39 is 0 Å². The molecule has 0 bridgehead atoms. The summed E-state index contributed by atoms with van der Waals surface area (Å²) in [5, 5.41) is 13.0. The molecule has 0 aliphatic carbocycles. The molecule has 0 fully saturated rings. The van der Waals surface area contributed by atoms with Gasteiger partial charge in [-0.25, -0.2) is 0 Å². The monoisotopic (exact) mass is 257 g/mol. The van der Waals surface area contributed by atoms with Crippen LogP contribution in [-0.4, -0.2) is 11.7 Å². The van der Waals surface area contributed by atoms with Crippen molar-refractivity contribution in [3.05, 3.63) is 48.5 Å². The highest BCUT2D eigenvalue weighted by molar-refractivity contribution is 5.70. The Bertz CT molecular complexity index is 526. The predicted octanol–water partition coefficient (Wildman–Crippen LogP) is 4.31. The van der Waals surface area contributed by atoms with Crippen molar-refractivity contribution in [1.29, 1.82) is 0 Å². The van der Waals surface area contributed by atoms with E-state index in [0.29, 0.717) is 12.3 Å². The van der Waals surface area contributed by atoms with Gasteiger partial charge >= 0.3 is 0 Å². The third-order valence-electron chi connectivity index (χ3n) is 2.82. The van der Waals surface area contributed by atoms with Crippen LogP contribution in [0.4, 0.5) is 11.4 Å². The predicted molar refractivity (Wildman–Crippen MR) is 78.2 cm³/mol. The van der Waals surface area contributed by atoms with E-state index >= 15 is 0 Å². The van der Waals surface area contributed by atoms with Crippen LogP contribution >= 0.6 is 0 Å². The van der Waals surface area contributed by atoms with E-state index in [4.69, 9.17) is 4.74 Å². The van der Waals surface area contributed by atoms with Crippen LogP contribution in [0, 0.1) is 0 Å². The number of aromatic hydroxyl groups is 1. The average molecular weight is 257 g/mol. The van der Waals surface area contributed by atoms with Crippen LogP contribution in [0.1, 0.15) is 19.8 Å². The molecule has 0 saturated carbocycles. The molecule has 0 aliphatic heterocycles. The van der Waals surface area contributed by atoms with Crippen molar-refractivity contribution < 1.29 is 9.84 Å². The normalized spacial score (nSPS) is 10.2. The first-order valence-corrected chi connectivity index (χ1v) is 6.58. The summed E-state index contributed by atoms with van der Waals surface area (Å²) in [6, 6.07) is 14.9. The maximum absolute atomic E-state index is 9.77. The number of unbranched alkanes of at least 4 members (excludes halogenated alkanes) is 1. The number of phenolic OH excluding ortho intramolecular Hbond substituents is 1. The Morgan fingerprint density at radius 3 is 2.42 bits per heavy atom. The second-order valence-electron chi connectivity index (χ2n) is 4.34. The van der Waals surface area contributed by atoms with E-state index in [0.717, 1.165) is 24.3 Å². The van der Waals surface area contributed by atoms with Crippen molar-refractivity contribution in [1.82, 2.24) is 0 Å². The topological polar surface area (TPSA) is 41.5 Å². The summed E-state index contributed by atoms with van der Waals surface area (Å²) in [5.74, 6) is 1.03. The molecule has 19 heavy (non-hydrogen) atoms. The van der Waals surface area contributed by atoms with Gasteiger partial charge in [-0.3, -0.25) is 0 Å². The summed E-state index contributed by atoms with van der Waals surface area (Å²) in [5.41, 5.74) is 1.54. The van der Waals surface area contributed by atoms with Gasteiger partial charge in [-0.1, -0.05) is 37.6 Å². The minimum atomic E-state index is 0.228. The lowest BCUT2D eigenvalue weighted by Gasteiger charge is -2.13. The van der Waals surface area contributed by atoms with Gasteiger partial charge in [0, 0.05) is 0 Å². The Morgan fingerprint density at radius 1 is 1.00 bits per heavy atom. The van der Waals surface area contributed by atoms with Crippen LogP contribution in [0.5, 0.6) is 11.5 Å². The van der Waals surface area contributed by atoms with E-state index in [1.165, 1.54) is 0 Å². The highest BCUT2D eigenvalue weighted by atomic mass is 16.5. The molecule has 0 unspecified atom stereocenters. The lowest BCUT2D eigenvalue weighted by Crippen LogP contribution is -2.00. The number of hydrogen-bond acceptors (Lipinski definition) is 3. The fourth-order valence-electron chi connectivity index (χ4n) is 1.75. The standard InChI is InChI=1S/C16H19NO2/c1-2-3-12-19-16-11-7-5-9-14(16)17-13-8-4-6-10-15(13)18/h4-11,17-18H,2-3,12H2,1H3. The highest BCUT2D eigenvalue weighted by Crippen LogP contribution is 2.31. The number of nitrogens with one attached hydrogen (secondary N) is 1. The van der Waals surface area contributed by atoms with Crippen LogP contribution < -0.4 is 10.1 Å². The zero-order valence-electron chi connectivity index (χ0n) is 11.1. The van der Waals surface area contributed by atoms with Crippen molar-refractivity contribution in [3.8, 4) is 11.5 Å². The van der Waals surface area contributed by atoms with Gasteiger partial charge in [0.25, 0.3) is 0 Å². The van der Waals surface area contributed by atoms with Gasteiger partial charge < -0.3 is 15.2 Å². The number of rotatable bonds is 6. The van der Waals surface area contributed by atoms with Crippen LogP contribution in [0.25, 0.3) is 0 Å². The van der Waals surface area contributed by atoms with E-state index in [1.54, 1.807) is 12.1 Å². The second kappa shape index (κ2) is 6.69. The molecule has 0 amide bonds. The van der Waals surface area contributed by atoms with Crippen molar-refractivity contribution in [3.63, 3.8) is 0 Å². The molecule has 2 rings (SSSR count). The smallest absolute Gasteiger partial charge is 0.142 e. The van der Waals surface area contributed by atoms with Gasteiger partial charge in [0.1, 0.15) is 11.5 Å². The van der Waals surface area contributed by atoms with Crippen molar-refractivity contribution >= 4 is 11.4 Å². The first kappa shape index (κ1) is 13.3. The van der Waals surface area contributed by atoms with Gasteiger partial charge in [0.15, 0.2) is 0 Å². The first-order chi connectivity index (χ1) is 9.31. The molecule has 0 saturated heterocycles. The van der Waals surface area contributed by atoms with Crippen molar-refractivity contribution in [2.75, 3.05) is 11.9 Å². The van der Waals surface area contributed by atoms with Crippen molar-refractivity contribution in [2.24, 2.45) is 0 Å². The molecule has 0 aromatic heterocycles. The van der Waals surface area contributed by atoms with Gasteiger partial charge in [0.05, 0.1) is 18.0 Å². The Hall–Kier alpha value is -2.16. The van der Waals surface area contributed by atoms with E-state index in [9.17, 15) is 5.11 Å². The zero-order valence-corrected chi connectivity index (χ0v) is 11.1. The number of anilines is 2. The third kappa shape index (κ3) is 3.65. The Kier molecular flexibility index (Phi) is 4.67. The molecule has 3 nitrogen and oxygen atoms in total. The number of benzene rings is 2. The Balaban J connectivity index is 2.13. The third-order valence-corrected chi connectivity index (χ3v) is 2.82. The molecule has 2 N–H and O–H groups in total. The summed E-state index contributed by atoms with van der Waals surface area (Å²) in [6.07, 6.45) is 2.14. The summed E-state index contributed by atoms with van der Waals surface area (Å²) in [4.78, 5) is 0. The molecule has 0 atom stereocenters. The largest absolute Gasteiger partial charge is 0.506 e. The molecule has 3 heteroatoms. The minimum absolute atomic E-state index is 0.228. The fourth-order valence-corrected chi connectivity index (χ4v) is 1.75. The van der Waals surface area contributed by atoms with E-state index in [2.05, 4.69) is 12.2 Å². The van der Waals surface area contributed by atoms with Gasteiger partial charge in [-0.15, -0.1) is 0 Å². The number of ether oxygens (including phenoxy) is 1. The molecule has 0 aliphatic rings. The molecule has 0 radical (unpaired) electrons. The van der Waals surface area contributed by atoms with Gasteiger partial charge in [-0.2, -0.15) is 0 Å². The van der Waals surface area contributed by atoms with Crippen LogP contribution in [0.3, 0.4) is 0 Å². The summed E-state index contributed by atoms with van der Waals surface area (Å²) < 4.78 is 5.75. The lowest BCUT2D eigenvalue weighted by atomic mass is 10.2. The molecule has 0 spiro atoms. The minimum Gasteiger partial charge on any atom is -0.506 e. The van der Waals surface area contributed by atoms with Crippen LogP contribution in [0.15, 0.2) is 48.5 Å². The average Bonchev–Trinajstić information content (AvgIpc) is 2.43.